The normalized spacial score (nSPS) is 16.1. The first kappa shape index (κ1) is 16.6. The number of imidazole rings is 1. The maximum absolute atomic E-state index is 12.5. The van der Waals surface area contributed by atoms with Gasteiger partial charge in [0.15, 0.2) is 0 Å². The zero-order chi connectivity index (χ0) is 16.8. The summed E-state index contributed by atoms with van der Waals surface area (Å²) in [6.07, 6.45) is 9.75. The topological polar surface area (TPSA) is 54.3 Å². The number of aromatic nitrogens is 3. The fourth-order valence-electron chi connectivity index (χ4n) is 3.09. The van der Waals surface area contributed by atoms with Gasteiger partial charge in [0.1, 0.15) is 5.82 Å². The largest absolute Gasteiger partial charge is 0.341 e. The van der Waals surface area contributed by atoms with Gasteiger partial charge >= 0.3 is 0 Å². The molecule has 0 aromatic carbocycles. The highest BCUT2D eigenvalue weighted by molar-refractivity contribution is 5.76. The minimum atomic E-state index is 0.255. The van der Waals surface area contributed by atoms with Crippen molar-refractivity contribution in [2.45, 2.75) is 25.8 Å². The Balaban J connectivity index is 1.48. The third kappa shape index (κ3) is 4.41. The molecule has 128 valence electrons. The van der Waals surface area contributed by atoms with Gasteiger partial charge in [-0.2, -0.15) is 0 Å². The third-order valence-corrected chi connectivity index (χ3v) is 4.60. The van der Waals surface area contributed by atoms with E-state index in [9.17, 15) is 4.79 Å². The van der Waals surface area contributed by atoms with Crippen LogP contribution in [0.1, 0.15) is 24.2 Å². The number of pyridine rings is 1. The Morgan fingerprint density at radius 2 is 1.96 bits per heavy atom. The summed E-state index contributed by atoms with van der Waals surface area (Å²) < 4.78 is 2.06. The lowest BCUT2D eigenvalue weighted by molar-refractivity contribution is -0.131. The predicted octanol–water partition coefficient (Wildman–Crippen LogP) is 1.48. The zero-order valence-electron chi connectivity index (χ0n) is 14.3. The monoisotopic (exact) mass is 327 g/mol. The molecule has 1 aliphatic rings. The van der Waals surface area contributed by atoms with Gasteiger partial charge in [0.05, 0.1) is 6.54 Å². The first-order valence-corrected chi connectivity index (χ1v) is 8.57. The quantitative estimate of drug-likeness (QED) is 0.835. The molecule has 0 spiro atoms. The molecule has 0 aliphatic carbocycles. The van der Waals surface area contributed by atoms with Crippen LogP contribution in [0.5, 0.6) is 0 Å². The number of hydrogen-bond acceptors (Lipinski definition) is 4. The fraction of sp³-hybridized carbons (Fsp3) is 0.500. The van der Waals surface area contributed by atoms with Crippen molar-refractivity contribution < 1.29 is 4.79 Å². The molecule has 1 fully saturated rings. The summed E-state index contributed by atoms with van der Waals surface area (Å²) in [5.41, 5.74) is 1.17. The molecule has 0 N–H and O–H groups in total. The molecule has 0 radical (unpaired) electrons. The number of nitrogens with zero attached hydrogens (tertiary/aromatic N) is 5. The van der Waals surface area contributed by atoms with Crippen molar-refractivity contribution in [3.63, 3.8) is 0 Å². The van der Waals surface area contributed by atoms with Crippen molar-refractivity contribution >= 4 is 5.91 Å². The van der Waals surface area contributed by atoms with E-state index < -0.39 is 0 Å². The maximum Gasteiger partial charge on any atom is 0.222 e. The average Bonchev–Trinajstić information content (AvgIpc) is 2.86. The van der Waals surface area contributed by atoms with Gasteiger partial charge in [-0.25, -0.2) is 4.98 Å². The third-order valence-electron chi connectivity index (χ3n) is 4.60. The highest BCUT2D eigenvalue weighted by atomic mass is 16.2. The van der Waals surface area contributed by atoms with Crippen molar-refractivity contribution in [1.29, 1.82) is 0 Å². The van der Waals surface area contributed by atoms with Crippen LogP contribution in [0.25, 0.3) is 0 Å². The van der Waals surface area contributed by atoms with Crippen LogP contribution < -0.4 is 0 Å². The summed E-state index contributed by atoms with van der Waals surface area (Å²) >= 11 is 0. The van der Waals surface area contributed by atoms with Gasteiger partial charge in [0, 0.05) is 64.4 Å². The van der Waals surface area contributed by atoms with Crippen LogP contribution in [-0.2, 0) is 24.8 Å². The molecule has 24 heavy (non-hydrogen) atoms. The molecule has 2 aromatic heterocycles. The van der Waals surface area contributed by atoms with Gasteiger partial charge in [-0.15, -0.1) is 0 Å². The first-order valence-electron chi connectivity index (χ1n) is 8.57. The van der Waals surface area contributed by atoms with Crippen LogP contribution in [-0.4, -0.2) is 56.4 Å². The molecule has 1 saturated heterocycles. The van der Waals surface area contributed by atoms with Crippen molar-refractivity contribution in [3.8, 4) is 0 Å². The van der Waals surface area contributed by atoms with E-state index in [1.807, 2.05) is 36.5 Å². The Kier molecular flexibility index (Phi) is 5.59. The smallest absolute Gasteiger partial charge is 0.222 e. The standard InChI is InChI=1S/C18H25N5O/c1-21-12-9-20-17(21)15-22-10-2-11-23(14-13-22)18(24)4-3-16-5-7-19-8-6-16/h5-9,12H,2-4,10-11,13-15H2,1H3. The maximum atomic E-state index is 12.5. The molecule has 1 amide bonds. The molecule has 6 nitrogen and oxygen atoms in total. The Morgan fingerprint density at radius 3 is 2.71 bits per heavy atom. The van der Waals surface area contributed by atoms with Crippen LogP contribution in [0.2, 0.25) is 0 Å². The molecular weight excluding hydrogens is 302 g/mol. The molecular formula is C18H25N5O. The van der Waals surface area contributed by atoms with E-state index in [0.717, 1.165) is 51.4 Å². The van der Waals surface area contributed by atoms with E-state index in [1.54, 1.807) is 12.4 Å². The number of hydrogen-bond donors (Lipinski definition) is 0. The summed E-state index contributed by atoms with van der Waals surface area (Å²) in [5, 5.41) is 0. The second kappa shape index (κ2) is 8.06. The Hall–Kier alpha value is -2.21. The Morgan fingerprint density at radius 1 is 1.12 bits per heavy atom. The highest BCUT2D eigenvalue weighted by Crippen LogP contribution is 2.10. The fourth-order valence-corrected chi connectivity index (χ4v) is 3.09. The van der Waals surface area contributed by atoms with Gasteiger partial charge in [0.25, 0.3) is 0 Å². The van der Waals surface area contributed by atoms with Crippen molar-refractivity contribution in [3.05, 3.63) is 48.3 Å². The van der Waals surface area contributed by atoms with E-state index in [0.29, 0.717) is 6.42 Å². The van der Waals surface area contributed by atoms with Crippen LogP contribution in [0.4, 0.5) is 0 Å². The second-order valence-electron chi connectivity index (χ2n) is 6.32. The minimum Gasteiger partial charge on any atom is -0.341 e. The van der Waals surface area contributed by atoms with E-state index in [1.165, 1.54) is 5.56 Å². The summed E-state index contributed by atoms with van der Waals surface area (Å²) in [6.45, 7) is 4.43. The molecule has 0 atom stereocenters. The number of amides is 1. The number of carbonyl (C=O) groups is 1. The summed E-state index contributed by atoms with van der Waals surface area (Å²) in [7, 11) is 2.02. The second-order valence-corrected chi connectivity index (χ2v) is 6.32. The molecule has 0 unspecified atom stereocenters. The van der Waals surface area contributed by atoms with E-state index in [4.69, 9.17) is 0 Å². The molecule has 1 aliphatic heterocycles. The van der Waals surface area contributed by atoms with Crippen molar-refractivity contribution in [1.82, 2.24) is 24.3 Å². The van der Waals surface area contributed by atoms with Crippen molar-refractivity contribution in [2.24, 2.45) is 7.05 Å². The van der Waals surface area contributed by atoms with Crippen LogP contribution in [0.15, 0.2) is 36.9 Å². The summed E-state index contributed by atoms with van der Waals surface area (Å²) in [4.78, 5) is 25.3. The highest BCUT2D eigenvalue weighted by Gasteiger charge is 2.19. The van der Waals surface area contributed by atoms with Gasteiger partial charge in [0.2, 0.25) is 5.91 Å². The van der Waals surface area contributed by atoms with Crippen LogP contribution >= 0.6 is 0 Å². The average molecular weight is 327 g/mol. The SMILES string of the molecule is Cn1ccnc1CN1CCCN(C(=O)CCc2ccncc2)CC1. The summed E-state index contributed by atoms with van der Waals surface area (Å²) in [6, 6.07) is 3.95. The lowest BCUT2D eigenvalue weighted by Crippen LogP contribution is -2.35. The molecule has 0 saturated carbocycles. The number of aryl methyl sites for hydroxylation is 2. The summed E-state index contributed by atoms with van der Waals surface area (Å²) in [5.74, 6) is 1.33. The molecule has 3 heterocycles. The van der Waals surface area contributed by atoms with E-state index >= 15 is 0 Å². The number of carbonyl (C=O) groups excluding carboxylic acids is 1. The molecule has 0 bridgehead atoms. The van der Waals surface area contributed by atoms with Gasteiger partial charge in [-0.3, -0.25) is 14.7 Å². The Bertz CT molecular complexity index is 654. The van der Waals surface area contributed by atoms with E-state index in [2.05, 4.69) is 19.4 Å². The van der Waals surface area contributed by atoms with Gasteiger partial charge in [-0.05, 0) is 30.5 Å². The zero-order valence-corrected chi connectivity index (χ0v) is 14.3. The molecule has 3 rings (SSSR count). The van der Waals surface area contributed by atoms with Crippen molar-refractivity contribution in [2.75, 3.05) is 26.2 Å². The molecule has 2 aromatic rings. The lowest BCUT2D eigenvalue weighted by Gasteiger charge is -2.22. The predicted molar refractivity (Wildman–Crippen MR) is 92.2 cm³/mol. The number of rotatable bonds is 5. The lowest BCUT2D eigenvalue weighted by atomic mass is 10.1. The molecule has 6 heteroatoms. The Labute approximate surface area is 143 Å². The van der Waals surface area contributed by atoms with Crippen LogP contribution in [0.3, 0.4) is 0 Å². The van der Waals surface area contributed by atoms with Gasteiger partial charge < -0.3 is 9.47 Å². The van der Waals surface area contributed by atoms with E-state index in [-0.39, 0.29) is 5.91 Å². The first-order chi connectivity index (χ1) is 11.7. The minimum absolute atomic E-state index is 0.255. The van der Waals surface area contributed by atoms with Gasteiger partial charge in [-0.1, -0.05) is 0 Å². The van der Waals surface area contributed by atoms with Crippen LogP contribution in [0, 0.1) is 0 Å².